The Hall–Kier alpha value is -1.17. The first-order chi connectivity index (χ1) is 14.7. The standard InChI is InChI=1S/C10H6F8I.C2HF6NO4S2/c11-6-1-3-7(4-2-6)19-5-8(12,13)9(14,15)10(16,17)18;3-1(4,5)14(10,11)9-15(12,13)2(6,7)8/h1-4H,5H2;9H/q+1;. The van der Waals surface area contributed by atoms with Gasteiger partial charge in [-0.3, -0.25) is 0 Å². The minimum Gasteiger partial charge on any atom is -0.207 e. The third kappa shape index (κ3) is 8.49. The molecule has 0 bridgehead atoms. The largest absolute Gasteiger partial charge is 0.512 e. The molecule has 0 aliphatic heterocycles. The van der Waals surface area contributed by atoms with Crippen LogP contribution in [0, 0.1) is 9.39 Å². The lowest BCUT2D eigenvalue weighted by atomic mass is 10.2. The Morgan fingerprint density at radius 1 is 0.676 bits per heavy atom. The molecule has 0 aliphatic carbocycles. The maximum absolute atomic E-state index is 12.9. The second kappa shape index (κ2) is 10.4. The van der Waals surface area contributed by atoms with Crippen LogP contribution in [0.4, 0.5) is 61.5 Å². The lowest BCUT2D eigenvalue weighted by Crippen LogP contribution is -3.63. The molecule has 5 nitrogen and oxygen atoms in total. The third-order valence-electron chi connectivity index (χ3n) is 2.84. The minimum absolute atomic E-state index is 0.151. The topological polar surface area (TPSA) is 80.3 Å². The van der Waals surface area contributed by atoms with E-state index in [0.29, 0.717) is 0 Å². The van der Waals surface area contributed by atoms with E-state index in [9.17, 15) is 78.3 Å². The number of benzene rings is 1. The second-order valence-corrected chi connectivity index (χ2v) is 11.8. The lowest BCUT2D eigenvalue weighted by Gasteiger charge is -2.24. The maximum Gasteiger partial charge on any atom is 0.512 e. The van der Waals surface area contributed by atoms with Gasteiger partial charge < -0.3 is 0 Å². The number of rotatable bonds is 6. The van der Waals surface area contributed by atoms with Crippen LogP contribution in [0.5, 0.6) is 0 Å². The van der Waals surface area contributed by atoms with Crippen molar-refractivity contribution in [3.8, 4) is 0 Å². The summed E-state index contributed by atoms with van der Waals surface area (Å²) in [5.41, 5.74) is -12.3. The molecule has 0 amide bonds. The van der Waals surface area contributed by atoms with Gasteiger partial charge in [-0.05, 0) is 24.3 Å². The smallest absolute Gasteiger partial charge is 0.207 e. The quantitative estimate of drug-likeness (QED) is 0.278. The number of nitrogens with one attached hydrogen (secondary N) is 1. The lowest BCUT2D eigenvalue weighted by molar-refractivity contribution is -0.651. The van der Waals surface area contributed by atoms with Crippen LogP contribution in [-0.4, -0.2) is 50.3 Å². The molecule has 0 saturated heterocycles. The third-order valence-corrected chi connectivity index (χ3v) is 8.75. The Labute approximate surface area is 190 Å². The number of hydrogen-bond donors (Lipinski definition) is 1. The fourth-order valence-electron chi connectivity index (χ4n) is 1.21. The van der Waals surface area contributed by atoms with Gasteiger partial charge in [0.1, 0.15) is 5.82 Å². The molecule has 34 heavy (non-hydrogen) atoms. The van der Waals surface area contributed by atoms with Crippen LogP contribution in [0.3, 0.4) is 0 Å². The fraction of sp³-hybridized carbons (Fsp3) is 0.500. The van der Waals surface area contributed by atoms with Crippen LogP contribution in [0.25, 0.3) is 0 Å². The molecule has 1 aromatic rings. The summed E-state index contributed by atoms with van der Waals surface area (Å²) >= 11 is -1.79. The highest BCUT2D eigenvalue weighted by molar-refractivity contribution is 8.05. The van der Waals surface area contributed by atoms with Crippen LogP contribution in [0.2, 0.25) is 0 Å². The van der Waals surface area contributed by atoms with Gasteiger partial charge in [0.2, 0.25) is 4.43 Å². The van der Waals surface area contributed by atoms with E-state index in [1.54, 1.807) is 0 Å². The van der Waals surface area contributed by atoms with E-state index in [-0.39, 0.29) is 3.57 Å². The summed E-state index contributed by atoms with van der Waals surface area (Å²) in [5, 5.41) is 0. The van der Waals surface area contributed by atoms with Crippen molar-refractivity contribution in [2.45, 2.75) is 29.0 Å². The fourth-order valence-corrected chi connectivity index (χ4v) is 5.39. The molecule has 0 spiro atoms. The molecule has 200 valence electrons. The van der Waals surface area contributed by atoms with Crippen molar-refractivity contribution in [3.05, 3.63) is 33.7 Å². The van der Waals surface area contributed by atoms with Gasteiger partial charge >= 0.3 is 70.3 Å². The van der Waals surface area contributed by atoms with Gasteiger partial charge in [0.15, 0.2) is 3.57 Å². The molecule has 0 aliphatic rings. The van der Waals surface area contributed by atoms with E-state index in [1.807, 2.05) is 0 Å². The van der Waals surface area contributed by atoms with Crippen LogP contribution in [-0.2, 0) is 20.0 Å². The molecule has 22 heteroatoms. The van der Waals surface area contributed by atoms with Crippen LogP contribution in [0.15, 0.2) is 24.3 Å². The zero-order valence-corrected chi connectivity index (χ0v) is 18.9. The first-order valence-corrected chi connectivity index (χ1v) is 12.8. The van der Waals surface area contributed by atoms with Crippen molar-refractivity contribution >= 4 is 20.0 Å². The predicted molar refractivity (Wildman–Crippen MR) is 79.0 cm³/mol. The molecule has 0 fully saturated rings. The molecular weight excluding hydrogens is 679 g/mol. The Morgan fingerprint density at radius 3 is 1.32 bits per heavy atom. The van der Waals surface area contributed by atoms with E-state index in [4.69, 9.17) is 0 Å². The first-order valence-electron chi connectivity index (χ1n) is 7.26. The summed E-state index contributed by atoms with van der Waals surface area (Å²) in [6.45, 7) is 0. The minimum atomic E-state index is -6.60. The highest BCUT2D eigenvalue weighted by Gasteiger charge is 2.74. The maximum atomic E-state index is 12.9. The Bertz CT molecular complexity index is 988. The molecule has 0 atom stereocenters. The average molecular weight is 686 g/mol. The number of alkyl halides is 14. The molecule has 1 N–H and O–H groups in total. The van der Waals surface area contributed by atoms with Gasteiger partial charge in [-0.1, -0.05) is 4.13 Å². The first kappa shape index (κ1) is 32.8. The SMILES string of the molecule is Fc1ccc([I+]CC(F)(F)C(F)(F)C(F)(F)F)cc1.O=S(=O)(NS(=O)(=O)C(F)(F)F)C(F)(F)F. The van der Waals surface area contributed by atoms with Gasteiger partial charge in [0.25, 0.3) is 0 Å². The summed E-state index contributed by atoms with van der Waals surface area (Å²) < 4.78 is 206. The molecule has 1 rings (SSSR count). The molecule has 1 aromatic carbocycles. The van der Waals surface area contributed by atoms with Crippen molar-refractivity contribution in [3.63, 3.8) is 0 Å². The number of halogens is 15. The van der Waals surface area contributed by atoms with Gasteiger partial charge in [-0.2, -0.15) is 57.1 Å². The highest BCUT2D eigenvalue weighted by atomic mass is 127. The van der Waals surface area contributed by atoms with Crippen molar-refractivity contribution in [2.75, 3.05) is 4.43 Å². The highest BCUT2D eigenvalue weighted by Crippen LogP contribution is 2.45. The van der Waals surface area contributed by atoms with Crippen LogP contribution >= 0.6 is 0 Å². The van der Waals surface area contributed by atoms with Crippen LogP contribution < -0.4 is 25.3 Å². The van der Waals surface area contributed by atoms with Crippen molar-refractivity contribution < 1.29 is 99.5 Å². The normalized spacial score (nSPS) is 14.4. The number of hydrogen-bond acceptors (Lipinski definition) is 4. The van der Waals surface area contributed by atoms with Crippen molar-refractivity contribution in [1.29, 1.82) is 0 Å². The molecular formula is C12H7F14INO4S2+. The van der Waals surface area contributed by atoms with Crippen LogP contribution in [0.1, 0.15) is 0 Å². The second-order valence-electron chi connectivity index (χ2n) is 5.46. The van der Waals surface area contributed by atoms with Crippen molar-refractivity contribution in [2.24, 2.45) is 0 Å². The summed E-state index contributed by atoms with van der Waals surface area (Å²) in [7, 11) is -13.2. The zero-order chi connectivity index (χ0) is 27.6. The average Bonchev–Trinajstić information content (AvgIpc) is 2.58. The van der Waals surface area contributed by atoms with E-state index in [0.717, 1.165) is 24.3 Å². The van der Waals surface area contributed by atoms with Gasteiger partial charge in [0.05, 0.1) is 0 Å². The zero-order valence-electron chi connectivity index (χ0n) is 15.1. The van der Waals surface area contributed by atoms with Gasteiger partial charge in [-0.15, -0.1) is 0 Å². The van der Waals surface area contributed by atoms with Gasteiger partial charge in [0, 0.05) is 0 Å². The van der Waals surface area contributed by atoms with E-state index in [1.165, 1.54) is 0 Å². The predicted octanol–water partition coefficient (Wildman–Crippen LogP) is 1.19. The van der Waals surface area contributed by atoms with E-state index in [2.05, 4.69) is 0 Å². The molecule has 0 heterocycles. The molecule has 0 saturated carbocycles. The summed E-state index contributed by atoms with van der Waals surface area (Å²) in [4.78, 5) is 0. The Morgan fingerprint density at radius 2 is 1.03 bits per heavy atom. The van der Waals surface area contributed by atoms with E-state index >= 15 is 0 Å². The Balaban J connectivity index is 0.000000661. The summed E-state index contributed by atoms with van der Waals surface area (Å²) in [5.74, 6) is -11.9. The monoisotopic (exact) mass is 686 g/mol. The number of sulfonamides is 2. The molecule has 0 unspecified atom stereocenters. The van der Waals surface area contributed by atoms with Crippen molar-refractivity contribution in [1.82, 2.24) is 4.13 Å². The molecule has 0 radical (unpaired) electrons. The van der Waals surface area contributed by atoms with Gasteiger partial charge in [-0.25, -0.2) is 21.2 Å². The Kier molecular flexibility index (Phi) is 10.1. The summed E-state index contributed by atoms with van der Waals surface area (Å²) in [6, 6.07) is 4.03. The molecule has 0 aromatic heterocycles. The van der Waals surface area contributed by atoms with E-state index < -0.39 is 84.7 Å². The summed E-state index contributed by atoms with van der Waals surface area (Å²) in [6.07, 6.45) is -6.30.